The van der Waals surface area contributed by atoms with Gasteiger partial charge in [0.2, 0.25) is 5.91 Å². The molecular weight excluding hydrogens is 306 g/mol. The Hall–Kier alpha value is -1.89. The summed E-state index contributed by atoms with van der Waals surface area (Å²) in [5, 5.41) is 11.9. The molecule has 0 aliphatic carbocycles. The molecule has 1 aromatic carbocycles. The molecule has 1 atom stereocenters. The first kappa shape index (κ1) is 16.5. The van der Waals surface area contributed by atoms with E-state index in [9.17, 15) is 18.0 Å². The highest BCUT2D eigenvalue weighted by atomic mass is 32.2. The molecule has 1 aliphatic heterocycles. The Morgan fingerprint density at radius 2 is 2.00 bits per heavy atom. The molecule has 1 aliphatic rings. The molecule has 0 saturated carbocycles. The number of rotatable bonds is 5. The topological polar surface area (TPSA) is 101 Å². The predicted molar refractivity (Wildman–Crippen MR) is 81.5 cm³/mol. The molecule has 0 spiro atoms. The van der Waals surface area contributed by atoms with Crippen LogP contribution < -0.4 is 5.32 Å². The number of hydrogen-bond donors (Lipinski definition) is 2. The zero-order chi connectivity index (χ0) is 16.4. The second kappa shape index (κ2) is 6.08. The van der Waals surface area contributed by atoms with Crippen molar-refractivity contribution in [1.82, 2.24) is 5.32 Å². The number of nitrogens with one attached hydrogen (secondary N) is 1. The molecule has 1 unspecified atom stereocenters. The van der Waals surface area contributed by atoms with Gasteiger partial charge in [-0.2, -0.15) is 0 Å². The molecule has 2 rings (SSSR count). The van der Waals surface area contributed by atoms with Crippen molar-refractivity contribution in [2.75, 3.05) is 11.5 Å². The lowest BCUT2D eigenvalue weighted by atomic mass is 10.00. The van der Waals surface area contributed by atoms with Crippen LogP contribution in [0.2, 0.25) is 0 Å². The van der Waals surface area contributed by atoms with Crippen LogP contribution in [0.3, 0.4) is 0 Å². The van der Waals surface area contributed by atoms with Gasteiger partial charge in [0.25, 0.3) is 0 Å². The zero-order valence-corrected chi connectivity index (χ0v) is 13.1. The highest BCUT2D eigenvalue weighted by Gasteiger charge is 2.39. The van der Waals surface area contributed by atoms with Crippen molar-refractivity contribution in [2.45, 2.75) is 31.7 Å². The van der Waals surface area contributed by atoms with E-state index in [1.165, 1.54) is 6.07 Å². The van der Waals surface area contributed by atoms with Gasteiger partial charge in [0.15, 0.2) is 9.84 Å². The summed E-state index contributed by atoms with van der Waals surface area (Å²) >= 11 is 0. The van der Waals surface area contributed by atoms with E-state index in [0.29, 0.717) is 18.4 Å². The Balaban J connectivity index is 1.96. The van der Waals surface area contributed by atoms with Crippen LogP contribution in [-0.2, 0) is 21.1 Å². The lowest BCUT2D eigenvalue weighted by Gasteiger charge is -2.23. The fourth-order valence-corrected chi connectivity index (χ4v) is 4.80. The van der Waals surface area contributed by atoms with Gasteiger partial charge >= 0.3 is 5.97 Å². The van der Waals surface area contributed by atoms with Gasteiger partial charge in [-0.15, -0.1) is 0 Å². The van der Waals surface area contributed by atoms with E-state index < -0.39 is 21.3 Å². The van der Waals surface area contributed by atoms with Gasteiger partial charge in [0.1, 0.15) is 0 Å². The number of carboxylic acid groups (broad SMARTS) is 1. The van der Waals surface area contributed by atoms with Gasteiger partial charge in [-0.3, -0.25) is 4.79 Å². The Kier molecular flexibility index (Phi) is 4.55. The number of carbonyl (C=O) groups excluding carboxylic acids is 1. The summed E-state index contributed by atoms with van der Waals surface area (Å²) in [6.45, 7) is 1.72. The molecule has 22 heavy (non-hydrogen) atoms. The van der Waals surface area contributed by atoms with E-state index >= 15 is 0 Å². The average Bonchev–Trinajstić information content (AvgIpc) is 2.70. The van der Waals surface area contributed by atoms with Crippen molar-refractivity contribution >= 4 is 21.7 Å². The summed E-state index contributed by atoms with van der Waals surface area (Å²) in [7, 11) is -3.08. The first-order valence-electron chi connectivity index (χ1n) is 7.03. The van der Waals surface area contributed by atoms with Crippen LogP contribution in [-0.4, -0.2) is 42.4 Å². The van der Waals surface area contributed by atoms with Crippen LogP contribution in [0.4, 0.5) is 0 Å². The minimum Gasteiger partial charge on any atom is -0.478 e. The summed E-state index contributed by atoms with van der Waals surface area (Å²) in [5.41, 5.74) is 0.0571. The van der Waals surface area contributed by atoms with Crippen molar-refractivity contribution in [3.05, 3.63) is 35.4 Å². The van der Waals surface area contributed by atoms with Crippen LogP contribution in [0.25, 0.3) is 0 Å². The maximum atomic E-state index is 12.0. The third-order valence-electron chi connectivity index (χ3n) is 3.81. The SMILES string of the molecule is CC1(NC(=O)CCc2ccccc2C(=O)O)CCS(=O)(=O)C1. The summed E-state index contributed by atoms with van der Waals surface area (Å²) in [4.78, 5) is 23.1. The van der Waals surface area contributed by atoms with Crippen molar-refractivity contribution in [3.8, 4) is 0 Å². The number of amides is 1. The molecule has 1 fully saturated rings. The van der Waals surface area contributed by atoms with Gasteiger partial charge in [0, 0.05) is 6.42 Å². The molecule has 1 amide bonds. The molecule has 6 nitrogen and oxygen atoms in total. The summed E-state index contributed by atoms with van der Waals surface area (Å²) in [5.74, 6) is -1.24. The molecule has 1 saturated heterocycles. The number of aryl methyl sites for hydroxylation is 1. The molecule has 0 radical (unpaired) electrons. The summed E-state index contributed by atoms with van der Waals surface area (Å²) < 4.78 is 23.0. The molecule has 2 N–H and O–H groups in total. The highest BCUT2D eigenvalue weighted by Crippen LogP contribution is 2.23. The lowest BCUT2D eigenvalue weighted by Crippen LogP contribution is -2.47. The summed E-state index contributed by atoms with van der Waals surface area (Å²) in [6.07, 6.45) is 0.837. The van der Waals surface area contributed by atoms with Crippen LogP contribution in [0.1, 0.15) is 35.7 Å². The van der Waals surface area contributed by atoms with Crippen LogP contribution in [0, 0.1) is 0 Å². The van der Waals surface area contributed by atoms with Crippen LogP contribution in [0.15, 0.2) is 24.3 Å². The second-order valence-electron chi connectivity index (χ2n) is 5.91. The Morgan fingerprint density at radius 3 is 2.59 bits per heavy atom. The summed E-state index contributed by atoms with van der Waals surface area (Å²) in [6, 6.07) is 6.54. The third-order valence-corrected chi connectivity index (χ3v) is 5.72. The first-order chi connectivity index (χ1) is 10.2. The molecule has 120 valence electrons. The van der Waals surface area contributed by atoms with Crippen LogP contribution in [0.5, 0.6) is 0 Å². The lowest BCUT2D eigenvalue weighted by molar-refractivity contribution is -0.122. The molecule has 0 bridgehead atoms. The normalized spacial score (nSPS) is 23.1. The number of sulfone groups is 1. The van der Waals surface area contributed by atoms with E-state index in [2.05, 4.69) is 5.32 Å². The van der Waals surface area contributed by atoms with E-state index in [-0.39, 0.29) is 29.4 Å². The van der Waals surface area contributed by atoms with Crippen molar-refractivity contribution < 1.29 is 23.1 Å². The van der Waals surface area contributed by atoms with E-state index in [1.807, 2.05) is 0 Å². The second-order valence-corrected chi connectivity index (χ2v) is 8.10. The molecule has 1 aromatic rings. The van der Waals surface area contributed by atoms with E-state index in [0.717, 1.165) is 0 Å². The fraction of sp³-hybridized carbons (Fsp3) is 0.467. The fourth-order valence-electron chi connectivity index (χ4n) is 2.70. The number of hydrogen-bond acceptors (Lipinski definition) is 4. The molecule has 1 heterocycles. The highest BCUT2D eigenvalue weighted by molar-refractivity contribution is 7.91. The molecule has 0 aromatic heterocycles. The number of benzene rings is 1. The van der Waals surface area contributed by atoms with Gasteiger partial charge < -0.3 is 10.4 Å². The van der Waals surface area contributed by atoms with Crippen molar-refractivity contribution in [3.63, 3.8) is 0 Å². The zero-order valence-electron chi connectivity index (χ0n) is 12.3. The first-order valence-corrected chi connectivity index (χ1v) is 8.86. The standard InChI is InChI=1S/C15H19NO5S/c1-15(8-9-22(20,21)10-15)16-13(17)7-6-11-4-2-3-5-12(11)14(18)19/h2-5H,6-10H2,1H3,(H,16,17)(H,18,19). The number of carboxylic acids is 1. The van der Waals surface area contributed by atoms with Gasteiger partial charge in [-0.1, -0.05) is 18.2 Å². The molecular formula is C15H19NO5S. The largest absolute Gasteiger partial charge is 0.478 e. The average molecular weight is 325 g/mol. The Labute approximate surface area is 129 Å². The van der Waals surface area contributed by atoms with Crippen LogP contribution >= 0.6 is 0 Å². The van der Waals surface area contributed by atoms with E-state index in [4.69, 9.17) is 5.11 Å². The maximum Gasteiger partial charge on any atom is 0.335 e. The monoisotopic (exact) mass is 325 g/mol. The minimum atomic E-state index is -3.08. The smallest absolute Gasteiger partial charge is 0.335 e. The number of aromatic carboxylic acids is 1. The van der Waals surface area contributed by atoms with Crippen molar-refractivity contribution in [1.29, 1.82) is 0 Å². The third kappa shape index (κ3) is 4.07. The van der Waals surface area contributed by atoms with E-state index in [1.54, 1.807) is 25.1 Å². The van der Waals surface area contributed by atoms with Crippen molar-refractivity contribution in [2.24, 2.45) is 0 Å². The maximum absolute atomic E-state index is 12.0. The molecule has 7 heteroatoms. The quantitative estimate of drug-likeness (QED) is 0.841. The van der Waals surface area contributed by atoms with Gasteiger partial charge in [0.05, 0.1) is 22.6 Å². The Bertz CT molecular complexity index is 698. The predicted octanol–water partition coefficient (Wildman–Crippen LogP) is 1.01. The van der Waals surface area contributed by atoms with Gasteiger partial charge in [-0.25, -0.2) is 13.2 Å². The number of carbonyl (C=O) groups is 2. The van der Waals surface area contributed by atoms with Gasteiger partial charge in [-0.05, 0) is 31.4 Å². The minimum absolute atomic E-state index is 0.0442. The Morgan fingerprint density at radius 1 is 1.32 bits per heavy atom.